The molecule has 0 amide bonds. The summed E-state index contributed by atoms with van der Waals surface area (Å²) in [6, 6.07) is 0. The molecule has 6 N–H and O–H groups in total. The third-order valence-corrected chi connectivity index (χ3v) is 2.76. The minimum absolute atomic E-state index is 0. The summed E-state index contributed by atoms with van der Waals surface area (Å²) in [6.07, 6.45) is 5.96. The molecule has 0 atom stereocenters. The highest BCUT2D eigenvalue weighted by molar-refractivity contribution is 5.75. The molecule has 0 spiro atoms. The van der Waals surface area contributed by atoms with Gasteiger partial charge in [-0.1, -0.05) is 55.4 Å². The average molecular weight is 303 g/mol. The van der Waals surface area contributed by atoms with E-state index in [9.17, 15) is 0 Å². The number of hydrogen-bond acceptors (Lipinski definition) is 2. The van der Waals surface area contributed by atoms with E-state index < -0.39 is 0 Å². The van der Waals surface area contributed by atoms with Gasteiger partial charge in [-0.3, -0.25) is 4.99 Å². The molecule has 0 aliphatic heterocycles. The Kier molecular flexibility index (Phi) is 15.5. The zero-order valence-electron chi connectivity index (χ0n) is 14.6. The van der Waals surface area contributed by atoms with Gasteiger partial charge in [0, 0.05) is 6.54 Å². The second-order valence-corrected chi connectivity index (χ2v) is 7.78. The number of nitrogens with two attached hydrogens (primary N) is 3. The molecule has 0 aromatic rings. The van der Waals surface area contributed by atoms with Crippen LogP contribution in [0.1, 0.15) is 81.1 Å². The Morgan fingerprint density at radius 1 is 0.810 bits per heavy atom. The third kappa shape index (κ3) is 32.6. The number of hydrogen-bond donors (Lipinski definition) is 3. The van der Waals surface area contributed by atoms with Crippen LogP contribution in [-0.4, -0.2) is 19.0 Å². The number of nitrogens with zero attached hydrogens (tertiary/aromatic N) is 1. The molecule has 0 aromatic carbocycles. The predicted octanol–water partition coefficient (Wildman–Crippen LogP) is 3.88. The van der Waals surface area contributed by atoms with E-state index in [0.29, 0.717) is 10.8 Å². The van der Waals surface area contributed by atoms with Gasteiger partial charge in [-0.2, -0.15) is 0 Å². The van der Waals surface area contributed by atoms with E-state index in [1.165, 1.54) is 19.3 Å². The summed E-state index contributed by atoms with van der Waals surface area (Å²) in [7, 11) is 0. The summed E-state index contributed by atoms with van der Waals surface area (Å²) in [5, 5.41) is 0. The molecule has 4 heteroatoms. The van der Waals surface area contributed by atoms with E-state index >= 15 is 0 Å². The highest BCUT2D eigenvalue weighted by atomic mass is 15.0. The molecule has 0 unspecified atom stereocenters. The fourth-order valence-electron chi connectivity index (χ4n) is 1.62. The van der Waals surface area contributed by atoms with Crippen molar-refractivity contribution in [2.24, 2.45) is 33.0 Å². The fourth-order valence-corrected chi connectivity index (χ4v) is 1.62. The molecule has 0 heterocycles. The van der Waals surface area contributed by atoms with Crippen LogP contribution >= 0.6 is 0 Å². The molecule has 0 rings (SSSR count). The maximum Gasteiger partial charge on any atom is 0.185 e. The lowest BCUT2D eigenvalue weighted by Crippen LogP contribution is -2.23. The first-order valence-corrected chi connectivity index (χ1v) is 7.73. The van der Waals surface area contributed by atoms with Crippen LogP contribution in [0.25, 0.3) is 0 Å². The Balaban J connectivity index is -0.000000300. The minimum atomic E-state index is 0. The molecule has 0 aromatic heterocycles. The number of aliphatic imine (C=N–C) groups is 1. The zero-order chi connectivity index (χ0) is 16.2. The van der Waals surface area contributed by atoms with Crippen LogP contribution in [0, 0.1) is 10.8 Å². The van der Waals surface area contributed by atoms with Gasteiger partial charge in [-0.05, 0) is 43.1 Å². The van der Waals surface area contributed by atoms with Crippen molar-refractivity contribution in [3.63, 3.8) is 0 Å². The summed E-state index contributed by atoms with van der Waals surface area (Å²) in [5.74, 6) is 0.193. The van der Waals surface area contributed by atoms with Gasteiger partial charge in [-0.15, -0.1) is 0 Å². The summed E-state index contributed by atoms with van der Waals surface area (Å²) >= 11 is 0. The highest BCUT2D eigenvalue weighted by Crippen LogP contribution is 2.21. The summed E-state index contributed by atoms with van der Waals surface area (Å²) in [5.41, 5.74) is 16.6. The van der Waals surface area contributed by atoms with E-state index in [0.717, 1.165) is 25.9 Å². The molecule has 21 heavy (non-hydrogen) atoms. The molecule has 0 bridgehead atoms. The van der Waals surface area contributed by atoms with Crippen LogP contribution in [0.4, 0.5) is 0 Å². The summed E-state index contributed by atoms with van der Waals surface area (Å²) < 4.78 is 0. The van der Waals surface area contributed by atoms with Gasteiger partial charge >= 0.3 is 0 Å². The molecular weight excluding hydrogens is 260 g/mol. The van der Waals surface area contributed by atoms with Crippen molar-refractivity contribution in [2.45, 2.75) is 81.1 Å². The monoisotopic (exact) mass is 302 g/mol. The van der Waals surface area contributed by atoms with E-state index in [1.54, 1.807) is 0 Å². The van der Waals surface area contributed by atoms with Crippen LogP contribution in [0.5, 0.6) is 0 Å². The maximum absolute atomic E-state index is 5.36. The molecular formula is C17H42N4. The van der Waals surface area contributed by atoms with Crippen molar-refractivity contribution < 1.29 is 0 Å². The number of unbranched alkanes of at least 4 members (excludes halogenated alkanes) is 1. The first-order valence-electron chi connectivity index (χ1n) is 7.73. The first kappa shape index (κ1) is 25.2. The van der Waals surface area contributed by atoms with Gasteiger partial charge in [0.25, 0.3) is 0 Å². The van der Waals surface area contributed by atoms with Crippen molar-refractivity contribution in [1.82, 2.24) is 0 Å². The van der Waals surface area contributed by atoms with Gasteiger partial charge in [0.15, 0.2) is 5.96 Å². The first-order chi connectivity index (χ1) is 8.98. The second kappa shape index (κ2) is 12.9. The van der Waals surface area contributed by atoms with Gasteiger partial charge in [-0.25, -0.2) is 0 Å². The quantitative estimate of drug-likeness (QED) is 0.395. The molecule has 0 fully saturated rings. The zero-order valence-corrected chi connectivity index (χ0v) is 14.6. The second-order valence-electron chi connectivity index (χ2n) is 7.78. The van der Waals surface area contributed by atoms with E-state index in [4.69, 9.17) is 17.2 Å². The molecule has 0 aliphatic rings. The Morgan fingerprint density at radius 3 is 1.57 bits per heavy atom. The third-order valence-electron chi connectivity index (χ3n) is 2.76. The molecule has 0 radical (unpaired) electrons. The van der Waals surface area contributed by atoms with Crippen LogP contribution in [-0.2, 0) is 0 Å². The Morgan fingerprint density at radius 2 is 1.24 bits per heavy atom. The highest BCUT2D eigenvalue weighted by Gasteiger charge is 2.08. The van der Waals surface area contributed by atoms with Gasteiger partial charge in [0.05, 0.1) is 0 Å². The summed E-state index contributed by atoms with van der Waals surface area (Å²) in [6.45, 7) is 15.0. The Hall–Kier alpha value is -0.770. The molecule has 130 valence electrons. The number of rotatable bonds is 6. The van der Waals surface area contributed by atoms with E-state index in [1.807, 2.05) is 0 Å². The van der Waals surface area contributed by atoms with Gasteiger partial charge in [0.1, 0.15) is 0 Å². The SMILES string of the molecule is C.CC(C)(C)CCCCN.CC(C)(C)CCCN=C(N)N. The van der Waals surface area contributed by atoms with Crippen molar-refractivity contribution >= 4 is 5.96 Å². The minimum Gasteiger partial charge on any atom is -0.370 e. The topological polar surface area (TPSA) is 90.4 Å². The lowest BCUT2D eigenvalue weighted by molar-refractivity contribution is 0.361. The smallest absolute Gasteiger partial charge is 0.185 e. The van der Waals surface area contributed by atoms with E-state index in [2.05, 4.69) is 46.5 Å². The van der Waals surface area contributed by atoms with Crippen molar-refractivity contribution in [1.29, 1.82) is 0 Å². The van der Waals surface area contributed by atoms with Gasteiger partial charge < -0.3 is 17.2 Å². The normalized spacial score (nSPS) is 11.0. The molecule has 4 nitrogen and oxygen atoms in total. The predicted molar refractivity (Wildman–Crippen MR) is 98.5 cm³/mol. The summed E-state index contributed by atoms with van der Waals surface area (Å²) in [4.78, 5) is 3.90. The Bertz CT molecular complexity index is 242. The van der Waals surface area contributed by atoms with Crippen LogP contribution in [0.15, 0.2) is 4.99 Å². The fraction of sp³-hybridized carbons (Fsp3) is 0.941. The van der Waals surface area contributed by atoms with Crippen molar-refractivity contribution in [3.05, 3.63) is 0 Å². The van der Waals surface area contributed by atoms with Crippen LogP contribution in [0.2, 0.25) is 0 Å². The van der Waals surface area contributed by atoms with Gasteiger partial charge in [0.2, 0.25) is 0 Å². The lowest BCUT2D eigenvalue weighted by Gasteiger charge is -2.16. The van der Waals surface area contributed by atoms with Crippen molar-refractivity contribution in [3.8, 4) is 0 Å². The standard InChI is InChI=1S/C8H19N3.C8H19N.CH4/c1-8(2,3)5-4-6-11-7(9)10;1-8(2,3)6-4-5-7-9;/h4-6H2,1-3H3,(H4,9,10,11);4-7,9H2,1-3H3;1H4. The molecule has 0 saturated heterocycles. The average Bonchev–Trinajstić information content (AvgIpc) is 2.22. The largest absolute Gasteiger partial charge is 0.370 e. The van der Waals surface area contributed by atoms with E-state index in [-0.39, 0.29) is 13.4 Å². The maximum atomic E-state index is 5.36. The molecule has 0 aliphatic carbocycles. The molecule has 0 saturated carbocycles. The number of guanidine groups is 1. The van der Waals surface area contributed by atoms with Crippen LogP contribution in [0.3, 0.4) is 0 Å². The van der Waals surface area contributed by atoms with Crippen molar-refractivity contribution in [2.75, 3.05) is 13.1 Å². The Labute approximate surface area is 134 Å². The lowest BCUT2D eigenvalue weighted by atomic mass is 9.90. The van der Waals surface area contributed by atoms with Crippen LogP contribution < -0.4 is 17.2 Å².